The topological polar surface area (TPSA) is 66.1 Å². The number of aryl methyl sites for hydroxylation is 1. The van der Waals surface area contributed by atoms with Crippen molar-refractivity contribution in [2.75, 3.05) is 6.26 Å². The van der Waals surface area contributed by atoms with E-state index in [1.54, 1.807) is 19.3 Å². The lowest BCUT2D eigenvalue weighted by Crippen LogP contribution is -2.07. The first kappa shape index (κ1) is 11.7. The number of pyridine rings is 1. The van der Waals surface area contributed by atoms with Gasteiger partial charge in [0, 0.05) is 18.1 Å². The Balaban J connectivity index is 3.12. The predicted octanol–water partition coefficient (Wildman–Crippen LogP) is 2.03. The first-order chi connectivity index (χ1) is 6.97. The Kier molecular flexibility index (Phi) is 3.43. The van der Waals surface area contributed by atoms with Crippen molar-refractivity contribution in [1.82, 2.24) is 4.98 Å². The standard InChI is InChI=1S/C10H13N3OS/c1-8-4-5-10(6-12-8)9(2)15(3,14)13-7-11/h4-6,9H,1-3H3/t9-,15?/m1/s1. The summed E-state index contributed by atoms with van der Waals surface area (Å²) in [4.78, 5) is 4.12. The van der Waals surface area contributed by atoms with Gasteiger partial charge in [0.1, 0.15) is 0 Å². The van der Waals surface area contributed by atoms with Gasteiger partial charge in [-0.25, -0.2) is 4.21 Å². The molecular weight excluding hydrogens is 210 g/mol. The molecular formula is C10H13N3OS. The second-order valence-corrected chi connectivity index (χ2v) is 6.04. The first-order valence-corrected chi connectivity index (χ1v) is 6.47. The fourth-order valence-electron chi connectivity index (χ4n) is 1.13. The molecule has 0 bridgehead atoms. The van der Waals surface area contributed by atoms with Gasteiger partial charge in [-0.15, -0.1) is 4.36 Å². The van der Waals surface area contributed by atoms with Crippen LogP contribution < -0.4 is 0 Å². The Morgan fingerprint density at radius 3 is 2.73 bits per heavy atom. The molecule has 0 saturated carbocycles. The number of nitrogens with zero attached hydrogens (tertiary/aromatic N) is 3. The molecule has 0 fully saturated rings. The normalized spacial score (nSPS) is 16.1. The van der Waals surface area contributed by atoms with E-state index in [0.29, 0.717) is 0 Å². The van der Waals surface area contributed by atoms with E-state index in [0.717, 1.165) is 11.3 Å². The highest BCUT2D eigenvalue weighted by Crippen LogP contribution is 2.21. The summed E-state index contributed by atoms with van der Waals surface area (Å²) in [6.07, 6.45) is 4.76. The Bertz CT molecular complexity index is 492. The van der Waals surface area contributed by atoms with E-state index < -0.39 is 9.73 Å². The smallest absolute Gasteiger partial charge is 0.214 e. The summed E-state index contributed by atoms with van der Waals surface area (Å²) in [6, 6.07) is 3.72. The number of rotatable bonds is 2. The van der Waals surface area contributed by atoms with Crippen LogP contribution in [0.4, 0.5) is 0 Å². The van der Waals surface area contributed by atoms with Crippen LogP contribution in [-0.4, -0.2) is 15.4 Å². The van der Waals surface area contributed by atoms with Crippen LogP contribution in [0.5, 0.6) is 0 Å². The molecule has 0 aromatic carbocycles. The minimum absolute atomic E-state index is 0.287. The van der Waals surface area contributed by atoms with Crippen molar-refractivity contribution in [2.24, 2.45) is 4.36 Å². The van der Waals surface area contributed by atoms with Crippen LogP contribution >= 0.6 is 0 Å². The zero-order valence-corrected chi connectivity index (χ0v) is 9.78. The molecule has 0 spiro atoms. The van der Waals surface area contributed by atoms with E-state index in [1.807, 2.05) is 19.1 Å². The molecule has 5 heteroatoms. The third-order valence-corrected chi connectivity index (χ3v) is 4.31. The van der Waals surface area contributed by atoms with Crippen molar-refractivity contribution < 1.29 is 4.21 Å². The van der Waals surface area contributed by atoms with Crippen molar-refractivity contribution in [3.63, 3.8) is 0 Å². The van der Waals surface area contributed by atoms with Gasteiger partial charge in [-0.1, -0.05) is 6.07 Å². The molecule has 0 aliphatic rings. The summed E-state index contributed by atoms with van der Waals surface area (Å²) in [5, 5.41) is 8.14. The van der Waals surface area contributed by atoms with Gasteiger partial charge in [0.2, 0.25) is 6.19 Å². The molecule has 0 amide bonds. The number of aromatic nitrogens is 1. The molecule has 1 rings (SSSR count). The lowest BCUT2D eigenvalue weighted by Gasteiger charge is -2.12. The van der Waals surface area contributed by atoms with Crippen molar-refractivity contribution >= 4 is 9.73 Å². The lowest BCUT2D eigenvalue weighted by molar-refractivity contribution is 0.673. The summed E-state index contributed by atoms with van der Waals surface area (Å²) in [5.74, 6) is 0. The van der Waals surface area contributed by atoms with Crippen LogP contribution in [0.2, 0.25) is 0 Å². The van der Waals surface area contributed by atoms with E-state index in [2.05, 4.69) is 9.35 Å². The monoisotopic (exact) mass is 223 g/mol. The lowest BCUT2D eigenvalue weighted by atomic mass is 10.2. The fourth-order valence-corrected chi connectivity index (χ4v) is 2.10. The van der Waals surface area contributed by atoms with Crippen LogP contribution in [0.25, 0.3) is 0 Å². The molecule has 0 saturated heterocycles. The van der Waals surface area contributed by atoms with E-state index in [9.17, 15) is 4.21 Å². The molecule has 0 aliphatic carbocycles. The molecule has 1 unspecified atom stereocenters. The molecule has 80 valence electrons. The van der Waals surface area contributed by atoms with Crippen LogP contribution in [0.15, 0.2) is 22.7 Å². The summed E-state index contributed by atoms with van der Waals surface area (Å²) in [5.41, 5.74) is 1.75. The molecule has 0 radical (unpaired) electrons. The summed E-state index contributed by atoms with van der Waals surface area (Å²) in [6.45, 7) is 3.67. The number of hydrogen-bond donors (Lipinski definition) is 0. The van der Waals surface area contributed by atoms with Gasteiger partial charge in [-0.2, -0.15) is 5.26 Å². The van der Waals surface area contributed by atoms with Crippen molar-refractivity contribution in [3.05, 3.63) is 29.6 Å². The summed E-state index contributed by atoms with van der Waals surface area (Å²) >= 11 is 0. The fraction of sp³-hybridized carbons (Fsp3) is 0.400. The van der Waals surface area contributed by atoms with Gasteiger partial charge in [0.15, 0.2) is 0 Å². The minimum Gasteiger partial charge on any atom is -0.261 e. The quantitative estimate of drug-likeness (QED) is 0.720. The average Bonchev–Trinajstić information content (AvgIpc) is 2.18. The molecule has 2 atom stereocenters. The third-order valence-electron chi connectivity index (χ3n) is 2.28. The maximum absolute atomic E-state index is 12.0. The Morgan fingerprint density at radius 2 is 2.27 bits per heavy atom. The molecule has 15 heavy (non-hydrogen) atoms. The third kappa shape index (κ3) is 2.77. The van der Waals surface area contributed by atoms with Gasteiger partial charge in [0.25, 0.3) is 0 Å². The molecule has 4 nitrogen and oxygen atoms in total. The second kappa shape index (κ2) is 4.41. The number of hydrogen-bond acceptors (Lipinski definition) is 4. The Morgan fingerprint density at radius 1 is 1.60 bits per heavy atom. The minimum atomic E-state index is -2.50. The SMILES string of the molecule is Cc1ccc([C@@H](C)S(C)(=O)=NC#N)cn1. The van der Waals surface area contributed by atoms with Crippen LogP contribution in [-0.2, 0) is 9.73 Å². The van der Waals surface area contributed by atoms with Gasteiger partial charge >= 0.3 is 0 Å². The van der Waals surface area contributed by atoms with E-state index in [4.69, 9.17) is 5.26 Å². The maximum atomic E-state index is 12.0. The van der Waals surface area contributed by atoms with Crippen LogP contribution in [0.1, 0.15) is 23.4 Å². The Labute approximate surface area is 90.1 Å². The highest BCUT2D eigenvalue weighted by atomic mass is 32.2. The zero-order chi connectivity index (χ0) is 11.5. The predicted molar refractivity (Wildman–Crippen MR) is 59.5 cm³/mol. The largest absolute Gasteiger partial charge is 0.261 e. The number of nitriles is 1. The summed E-state index contributed by atoms with van der Waals surface area (Å²) < 4.78 is 15.4. The van der Waals surface area contributed by atoms with Crippen LogP contribution in [0.3, 0.4) is 0 Å². The van der Waals surface area contributed by atoms with Crippen LogP contribution in [0, 0.1) is 18.4 Å². The van der Waals surface area contributed by atoms with Crippen molar-refractivity contribution in [1.29, 1.82) is 5.26 Å². The van der Waals surface area contributed by atoms with Crippen molar-refractivity contribution in [3.8, 4) is 6.19 Å². The van der Waals surface area contributed by atoms with E-state index in [1.165, 1.54) is 6.26 Å². The average molecular weight is 223 g/mol. The molecule has 1 aromatic rings. The molecule has 0 N–H and O–H groups in total. The van der Waals surface area contributed by atoms with E-state index >= 15 is 0 Å². The molecule has 1 aromatic heterocycles. The zero-order valence-electron chi connectivity index (χ0n) is 8.97. The van der Waals surface area contributed by atoms with Gasteiger partial charge in [-0.05, 0) is 25.5 Å². The summed E-state index contributed by atoms with van der Waals surface area (Å²) in [7, 11) is -2.50. The maximum Gasteiger partial charge on any atom is 0.214 e. The highest BCUT2D eigenvalue weighted by molar-refractivity contribution is 7.93. The van der Waals surface area contributed by atoms with E-state index in [-0.39, 0.29) is 5.25 Å². The first-order valence-electron chi connectivity index (χ1n) is 4.49. The van der Waals surface area contributed by atoms with Gasteiger partial charge in [0.05, 0.1) is 15.0 Å². The molecule has 1 heterocycles. The van der Waals surface area contributed by atoms with Crippen molar-refractivity contribution in [2.45, 2.75) is 19.1 Å². The van der Waals surface area contributed by atoms with Gasteiger partial charge in [-0.3, -0.25) is 4.98 Å². The second-order valence-electron chi connectivity index (χ2n) is 3.43. The highest BCUT2D eigenvalue weighted by Gasteiger charge is 2.15. The molecule has 0 aliphatic heterocycles. The van der Waals surface area contributed by atoms with Gasteiger partial charge < -0.3 is 0 Å². The Hall–Kier alpha value is -1.41.